The Morgan fingerprint density at radius 2 is 2.25 bits per heavy atom. The quantitative estimate of drug-likeness (QED) is 0.785. The third-order valence-corrected chi connectivity index (χ3v) is 6.99. The molecule has 1 amide bonds. The van der Waals surface area contributed by atoms with Crippen molar-refractivity contribution in [2.45, 2.75) is 76.5 Å². The van der Waals surface area contributed by atoms with E-state index in [9.17, 15) is 4.79 Å². The van der Waals surface area contributed by atoms with Crippen molar-refractivity contribution >= 4 is 11.8 Å². The van der Waals surface area contributed by atoms with Crippen molar-refractivity contribution in [3.63, 3.8) is 0 Å². The highest BCUT2D eigenvalue weighted by atomic mass is 16.6. The molecule has 0 spiro atoms. The summed E-state index contributed by atoms with van der Waals surface area (Å²) in [6.07, 6.45) is 9.49. The number of carbonyl (C=O) groups excluding carboxylic acids is 1. The van der Waals surface area contributed by atoms with Crippen LogP contribution in [0.3, 0.4) is 0 Å². The summed E-state index contributed by atoms with van der Waals surface area (Å²) in [5.41, 5.74) is 1.15. The molecule has 150 valence electrons. The van der Waals surface area contributed by atoms with Crippen molar-refractivity contribution < 1.29 is 9.53 Å². The van der Waals surface area contributed by atoms with Gasteiger partial charge in [-0.1, -0.05) is 32.3 Å². The first-order valence-electron chi connectivity index (χ1n) is 10.9. The predicted octanol–water partition coefficient (Wildman–Crippen LogP) is 4.93. The number of nitriles is 1. The predicted molar refractivity (Wildman–Crippen MR) is 109 cm³/mol. The van der Waals surface area contributed by atoms with Gasteiger partial charge in [-0.15, -0.1) is 0 Å². The minimum atomic E-state index is -0.389. The molecule has 1 aromatic rings. The molecule has 3 aliphatic rings. The fourth-order valence-electron chi connectivity index (χ4n) is 5.81. The van der Waals surface area contributed by atoms with E-state index in [0.29, 0.717) is 35.2 Å². The molecule has 2 saturated heterocycles. The third-order valence-electron chi connectivity index (χ3n) is 6.99. The van der Waals surface area contributed by atoms with Gasteiger partial charge in [0.2, 0.25) is 0 Å². The van der Waals surface area contributed by atoms with Gasteiger partial charge in [0.1, 0.15) is 6.10 Å². The number of benzene rings is 1. The maximum atomic E-state index is 12.5. The van der Waals surface area contributed by atoms with Crippen LogP contribution in [0.2, 0.25) is 0 Å². The van der Waals surface area contributed by atoms with Crippen molar-refractivity contribution in [3.05, 3.63) is 29.8 Å². The Labute approximate surface area is 168 Å². The average Bonchev–Trinajstić information content (AvgIpc) is 3.07. The monoisotopic (exact) mass is 381 g/mol. The number of ether oxygens (including phenoxy) is 1. The van der Waals surface area contributed by atoms with Gasteiger partial charge >= 0.3 is 6.09 Å². The zero-order valence-electron chi connectivity index (χ0n) is 16.8. The zero-order valence-corrected chi connectivity index (χ0v) is 16.8. The van der Waals surface area contributed by atoms with Crippen LogP contribution in [0.5, 0.6) is 0 Å². The topological polar surface area (TPSA) is 65.4 Å². The lowest BCUT2D eigenvalue weighted by Crippen LogP contribution is -2.55. The van der Waals surface area contributed by atoms with E-state index in [1.165, 1.54) is 51.5 Å². The molecule has 1 saturated carbocycles. The third kappa shape index (κ3) is 3.89. The first-order valence-corrected chi connectivity index (χ1v) is 10.9. The molecule has 2 aliphatic heterocycles. The van der Waals surface area contributed by atoms with Crippen molar-refractivity contribution in [3.8, 4) is 6.07 Å². The molecule has 3 fully saturated rings. The van der Waals surface area contributed by atoms with Crippen LogP contribution in [0.15, 0.2) is 24.3 Å². The lowest BCUT2D eigenvalue weighted by Gasteiger charge is -2.49. The molecule has 2 heterocycles. The van der Waals surface area contributed by atoms with Crippen LogP contribution in [-0.2, 0) is 4.74 Å². The SMILES string of the molecule is CCCC[C@H]1[C@@H]2C[C@H]([C@H]3CCCCN31)[C@H](OC(=O)Nc1cccc(C#N)c1)C2. The number of unbranched alkanes of at least 4 members (excludes halogenated alkanes) is 1. The minimum Gasteiger partial charge on any atom is -0.446 e. The second-order valence-electron chi connectivity index (χ2n) is 8.67. The van der Waals surface area contributed by atoms with Crippen LogP contribution in [0.25, 0.3) is 0 Å². The molecule has 1 aromatic carbocycles. The van der Waals surface area contributed by atoms with E-state index >= 15 is 0 Å². The highest BCUT2D eigenvalue weighted by Gasteiger charge is 2.52. The molecule has 0 aromatic heterocycles. The minimum absolute atomic E-state index is 0.0152. The van der Waals surface area contributed by atoms with Gasteiger partial charge in [-0.05, 0) is 62.8 Å². The summed E-state index contributed by atoms with van der Waals surface area (Å²) in [6.45, 7) is 3.48. The Balaban J connectivity index is 1.43. The van der Waals surface area contributed by atoms with Crippen LogP contribution >= 0.6 is 0 Å². The van der Waals surface area contributed by atoms with Crippen molar-refractivity contribution in [2.24, 2.45) is 11.8 Å². The van der Waals surface area contributed by atoms with Gasteiger partial charge in [0.25, 0.3) is 0 Å². The van der Waals surface area contributed by atoms with Gasteiger partial charge < -0.3 is 4.74 Å². The van der Waals surface area contributed by atoms with Crippen molar-refractivity contribution in [1.82, 2.24) is 4.90 Å². The number of amides is 1. The largest absolute Gasteiger partial charge is 0.446 e. The molecular weight excluding hydrogens is 350 g/mol. The van der Waals surface area contributed by atoms with Crippen molar-refractivity contribution in [2.75, 3.05) is 11.9 Å². The molecular formula is C23H31N3O2. The van der Waals surface area contributed by atoms with E-state index in [1.807, 2.05) is 0 Å². The second-order valence-corrected chi connectivity index (χ2v) is 8.67. The number of carbonyl (C=O) groups is 1. The number of hydrogen-bond acceptors (Lipinski definition) is 4. The average molecular weight is 382 g/mol. The van der Waals surface area contributed by atoms with E-state index in [4.69, 9.17) is 10.00 Å². The Kier molecular flexibility index (Phi) is 5.87. The number of rotatable bonds is 5. The van der Waals surface area contributed by atoms with E-state index in [2.05, 4.69) is 23.2 Å². The standard InChI is InChI=1S/C23H31N3O2/c1-2-3-9-20-17-13-19(21-10-4-5-11-26(20)21)22(14-17)28-23(27)25-18-8-6-7-16(12-18)15-24/h6-8,12,17,19-22H,2-5,9-11,13-14H2,1H3,(H,25,27)/t17-,19-,20+,21-,22-/m1/s1. The van der Waals surface area contributed by atoms with Gasteiger partial charge in [0.05, 0.1) is 11.6 Å². The molecule has 5 heteroatoms. The summed E-state index contributed by atoms with van der Waals surface area (Å²) >= 11 is 0. The number of nitrogens with one attached hydrogen (secondary N) is 1. The van der Waals surface area contributed by atoms with E-state index < -0.39 is 0 Å². The maximum Gasteiger partial charge on any atom is 0.411 e. The first kappa shape index (κ1) is 19.3. The van der Waals surface area contributed by atoms with Gasteiger partial charge in [0, 0.05) is 23.7 Å². The highest BCUT2D eigenvalue weighted by molar-refractivity contribution is 5.85. The fraction of sp³-hybridized carbons (Fsp3) is 0.652. The number of hydrogen-bond donors (Lipinski definition) is 1. The zero-order chi connectivity index (χ0) is 19.5. The fourth-order valence-corrected chi connectivity index (χ4v) is 5.81. The lowest BCUT2D eigenvalue weighted by atomic mass is 9.79. The smallest absolute Gasteiger partial charge is 0.411 e. The lowest BCUT2D eigenvalue weighted by molar-refractivity contribution is -0.0177. The van der Waals surface area contributed by atoms with Crippen LogP contribution in [-0.4, -0.2) is 35.7 Å². The number of nitrogens with zero attached hydrogens (tertiary/aromatic N) is 2. The van der Waals surface area contributed by atoms with E-state index in [0.717, 1.165) is 6.42 Å². The first-order chi connectivity index (χ1) is 13.7. The van der Waals surface area contributed by atoms with E-state index in [1.54, 1.807) is 24.3 Å². The summed E-state index contributed by atoms with van der Waals surface area (Å²) in [7, 11) is 0. The van der Waals surface area contributed by atoms with Crippen LogP contribution in [0.4, 0.5) is 10.5 Å². The van der Waals surface area contributed by atoms with Gasteiger partial charge in [-0.3, -0.25) is 10.2 Å². The van der Waals surface area contributed by atoms with Gasteiger partial charge in [0.15, 0.2) is 0 Å². The van der Waals surface area contributed by atoms with Gasteiger partial charge in [-0.25, -0.2) is 4.79 Å². The summed E-state index contributed by atoms with van der Waals surface area (Å²) in [5, 5.41) is 11.8. The van der Waals surface area contributed by atoms with Crippen LogP contribution in [0, 0.1) is 23.2 Å². The van der Waals surface area contributed by atoms with Gasteiger partial charge in [-0.2, -0.15) is 5.26 Å². The number of piperidine rings is 2. The molecule has 1 N–H and O–H groups in total. The van der Waals surface area contributed by atoms with Crippen LogP contribution < -0.4 is 5.32 Å². The Hall–Kier alpha value is -2.06. The normalized spacial score (nSPS) is 31.6. The molecule has 5 nitrogen and oxygen atoms in total. The van der Waals surface area contributed by atoms with Crippen LogP contribution in [0.1, 0.15) is 63.9 Å². The summed E-state index contributed by atoms with van der Waals surface area (Å²) < 4.78 is 5.94. The molecule has 2 bridgehead atoms. The van der Waals surface area contributed by atoms with E-state index in [-0.39, 0.29) is 12.2 Å². The molecule has 5 atom stereocenters. The Morgan fingerprint density at radius 3 is 3.07 bits per heavy atom. The molecule has 0 radical (unpaired) electrons. The molecule has 28 heavy (non-hydrogen) atoms. The van der Waals surface area contributed by atoms with Crippen molar-refractivity contribution in [1.29, 1.82) is 5.26 Å². The molecule has 1 aliphatic carbocycles. The second kappa shape index (κ2) is 8.53. The highest BCUT2D eigenvalue weighted by Crippen LogP contribution is 2.49. The number of anilines is 1. The maximum absolute atomic E-state index is 12.5. The molecule has 4 rings (SSSR count). The summed E-state index contributed by atoms with van der Waals surface area (Å²) in [6, 6.07) is 10.3. The Morgan fingerprint density at radius 1 is 1.36 bits per heavy atom. The Bertz CT molecular complexity index is 744. The summed E-state index contributed by atoms with van der Waals surface area (Å²) in [5.74, 6) is 1.13. The molecule has 0 unspecified atom stereocenters. The summed E-state index contributed by atoms with van der Waals surface area (Å²) in [4.78, 5) is 15.3. The number of fused-ring (bicyclic) bond motifs is 4.